The first-order chi connectivity index (χ1) is 17.0. The van der Waals surface area contributed by atoms with E-state index in [1.54, 1.807) is 30.3 Å². The normalized spacial score (nSPS) is 14.3. The quantitative estimate of drug-likeness (QED) is 0.332. The SMILES string of the molecule is Cc1ccccc1NC(=O)CN1C(=O)S/C(=C/c2cccc(OCCOc3ccccc3)c2)C1=O. The van der Waals surface area contributed by atoms with Crippen LogP contribution in [0.3, 0.4) is 0 Å². The Balaban J connectivity index is 1.33. The van der Waals surface area contributed by atoms with Gasteiger partial charge < -0.3 is 14.8 Å². The van der Waals surface area contributed by atoms with Gasteiger partial charge in [-0.2, -0.15) is 0 Å². The van der Waals surface area contributed by atoms with Crippen molar-refractivity contribution < 1.29 is 23.9 Å². The van der Waals surface area contributed by atoms with Gasteiger partial charge in [0, 0.05) is 5.69 Å². The third-order valence-electron chi connectivity index (χ3n) is 5.11. The Kier molecular flexibility index (Phi) is 7.84. The number of ether oxygens (including phenoxy) is 2. The number of aryl methyl sites for hydroxylation is 1. The molecule has 178 valence electrons. The lowest BCUT2D eigenvalue weighted by Gasteiger charge is -2.13. The summed E-state index contributed by atoms with van der Waals surface area (Å²) in [5.74, 6) is 0.457. The van der Waals surface area contributed by atoms with Crippen LogP contribution in [0.5, 0.6) is 11.5 Å². The van der Waals surface area contributed by atoms with E-state index in [1.807, 2.05) is 61.5 Å². The van der Waals surface area contributed by atoms with E-state index in [0.717, 1.165) is 28.0 Å². The van der Waals surface area contributed by atoms with Crippen molar-refractivity contribution in [2.45, 2.75) is 6.92 Å². The van der Waals surface area contributed by atoms with Gasteiger partial charge in [0.15, 0.2) is 0 Å². The molecule has 0 radical (unpaired) electrons. The average molecular weight is 489 g/mol. The Morgan fingerprint density at radius 3 is 2.37 bits per heavy atom. The molecule has 8 heteroatoms. The predicted molar refractivity (Wildman–Crippen MR) is 136 cm³/mol. The van der Waals surface area contributed by atoms with Crippen molar-refractivity contribution >= 4 is 40.6 Å². The molecule has 0 saturated carbocycles. The molecule has 0 spiro atoms. The first kappa shape index (κ1) is 24.1. The van der Waals surface area contributed by atoms with Crippen LogP contribution in [0.2, 0.25) is 0 Å². The number of hydrogen-bond acceptors (Lipinski definition) is 6. The number of para-hydroxylation sites is 2. The fraction of sp³-hybridized carbons (Fsp3) is 0.148. The fourth-order valence-electron chi connectivity index (χ4n) is 3.36. The molecule has 4 rings (SSSR count). The van der Waals surface area contributed by atoms with Gasteiger partial charge in [0.2, 0.25) is 5.91 Å². The molecule has 0 unspecified atom stereocenters. The summed E-state index contributed by atoms with van der Waals surface area (Å²) in [6, 6.07) is 24.0. The molecule has 1 aliphatic heterocycles. The van der Waals surface area contributed by atoms with E-state index in [0.29, 0.717) is 30.2 Å². The minimum atomic E-state index is -0.498. The predicted octanol–water partition coefficient (Wildman–Crippen LogP) is 5.13. The first-order valence-corrected chi connectivity index (χ1v) is 11.8. The number of carbonyl (C=O) groups is 3. The lowest BCUT2D eigenvalue weighted by atomic mass is 10.2. The monoisotopic (exact) mass is 488 g/mol. The maximum absolute atomic E-state index is 12.8. The van der Waals surface area contributed by atoms with Gasteiger partial charge in [-0.25, -0.2) is 0 Å². The maximum Gasteiger partial charge on any atom is 0.294 e. The van der Waals surface area contributed by atoms with Crippen LogP contribution in [0, 0.1) is 6.92 Å². The summed E-state index contributed by atoms with van der Waals surface area (Å²) in [5, 5.41) is 2.26. The highest BCUT2D eigenvalue weighted by Gasteiger charge is 2.36. The second kappa shape index (κ2) is 11.4. The van der Waals surface area contributed by atoms with Crippen LogP contribution >= 0.6 is 11.8 Å². The van der Waals surface area contributed by atoms with Gasteiger partial charge in [-0.3, -0.25) is 19.3 Å². The van der Waals surface area contributed by atoms with Crippen molar-refractivity contribution in [3.63, 3.8) is 0 Å². The Morgan fingerprint density at radius 2 is 1.60 bits per heavy atom. The largest absolute Gasteiger partial charge is 0.490 e. The van der Waals surface area contributed by atoms with E-state index in [4.69, 9.17) is 9.47 Å². The van der Waals surface area contributed by atoms with Crippen LogP contribution in [0.15, 0.2) is 83.8 Å². The summed E-state index contributed by atoms with van der Waals surface area (Å²) < 4.78 is 11.4. The molecule has 3 aromatic rings. The van der Waals surface area contributed by atoms with Crippen molar-refractivity contribution in [3.8, 4) is 11.5 Å². The van der Waals surface area contributed by atoms with Crippen LogP contribution in [0.1, 0.15) is 11.1 Å². The van der Waals surface area contributed by atoms with E-state index in [9.17, 15) is 14.4 Å². The van der Waals surface area contributed by atoms with Gasteiger partial charge in [-0.1, -0.05) is 48.5 Å². The minimum Gasteiger partial charge on any atom is -0.490 e. The summed E-state index contributed by atoms with van der Waals surface area (Å²) in [6.45, 7) is 2.26. The summed E-state index contributed by atoms with van der Waals surface area (Å²) >= 11 is 0.811. The van der Waals surface area contributed by atoms with Gasteiger partial charge in [0.1, 0.15) is 31.3 Å². The number of nitrogens with one attached hydrogen (secondary N) is 1. The number of amides is 3. The molecule has 0 aliphatic carbocycles. The molecule has 1 saturated heterocycles. The smallest absolute Gasteiger partial charge is 0.294 e. The molecular formula is C27H24N2O5S. The summed E-state index contributed by atoms with van der Waals surface area (Å²) in [6.07, 6.45) is 1.62. The summed E-state index contributed by atoms with van der Waals surface area (Å²) in [5.41, 5.74) is 2.25. The number of thioether (sulfide) groups is 1. The average Bonchev–Trinajstić information content (AvgIpc) is 3.11. The van der Waals surface area contributed by atoms with E-state index >= 15 is 0 Å². The number of carbonyl (C=O) groups excluding carboxylic acids is 3. The molecule has 0 bridgehead atoms. The molecule has 0 aromatic heterocycles. The van der Waals surface area contributed by atoms with Crippen LogP contribution < -0.4 is 14.8 Å². The van der Waals surface area contributed by atoms with Crippen LogP contribution in [-0.4, -0.2) is 41.7 Å². The lowest BCUT2D eigenvalue weighted by molar-refractivity contribution is -0.127. The fourth-order valence-corrected chi connectivity index (χ4v) is 4.20. The van der Waals surface area contributed by atoms with Crippen molar-refractivity contribution in [1.82, 2.24) is 4.90 Å². The number of rotatable bonds is 9. The molecule has 3 aromatic carbocycles. The standard InChI is InChI=1S/C27H24N2O5S/c1-19-8-5-6-13-23(19)28-25(30)18-29-26(31)24(35-27(29)32)17-20-9-7-12-22(16-20)34-15-14-33-21-10-3-2-4-11-21/h2-13,16-17H,14-15,18H2,1H3,(H,28,30)/b24-17+. The minimum absolute atomic E-state index is 0.253. The summed E-state index contributed by atoms with van der Waals surface area (Å²) in [7, 11) is 0. The highest BCUT2D eigenvalue weighted by molar-refractivity contribution is 8.18. The van der Waals surface area contributed by atoms with Gasteiger partial charge in [0.25, 0.3) is 11.1 Å². The third-order valence-corrected chi connectivity index (χ3v) is 6.02. The van der Waals surface area contributed by atoms with E-state index in [1.165, 1.54) is 0 Å². The topological polar surface area (TPSA) is 84.9 Å². The molecule has 0 atom stereocenters. The van der Waals surface area contributed by atoms with E-state index < -0.39 is 17.1 Å². The number of anilines is 1. The van der Waals surface area contributed by atoms with Crippen molar-refractivity contribution in [3.05, 3.63) is 94.9 Å². The Bertz CT molecular complexity index is 1260. The number of benzene rings is 3. The lowest BCUT2D eigenvalue weighted by Crippen LogP contribution is -2.36. The zero-order chi connectivity index (χ0) is 24.6. The second-order valence-electron chi connectivity index (χ2n) is 7.71. The molecule has 1 N–H and O–H groups in total. The zero-order valence-corrected chi connectivity index (χ0v) is 19.9. The first-order valence-electron chi connectivity index (χ1n) is 11.0. The van der Waals surface area contributed by atoms with Gasteiger partial charge in [0.05, 0.1) is 4.91 Å². The molecule has 7 nitrogen and oxygen atoms in total. The zero-order valence-electron chi connectivity index (χ0n) is 19.1. The molecule has 1 heterocycles. The maximum atomic E-state index is 12.8. The van der Waals surface area contributed by atoms with Crippen molar-refractivity contribution in [2.75, 3.05) is 25.1 Å². The number of nitrogens with zero attached hydrogens (tertiary/aromatic N) is 1. The summed E-state index contributed by atoms with van der Waals surface area (Å²) in [4.78, 5) is 38.8. The van der Waals surface area contributed by atoms with Gasteiger partial charge in [-0.15, -0.1) is 0 Å². The third kappa shape index (κ3) is 6.51. The number of imide groups is 1. The highest BCUT2D eigenvalue weighted by Crippen LogP contribution is 2.32. The molecule has 1 aliphatic rings. The van der Waals surface area contributed by atoms with Gasteiger partial charge in [-0.05, 0) is 66.2 Å². The highest BCUT2D eigenvalue weighted by atomic mass is 32.2. The number of hydrogen-bond donors (Lipinski definition) is 1. The molecule has 3 amide bonds. The van der Waals surface area contributed by atoms with Crippen LogP contribution in [0.25, 0.3) is 6.08 Å². The van der Waals surface area contributed by atoms with E-state index in [-0.39, 0.29) is 11.4 Å². The molecular weight excluding hydrogens is 464 g/mol. The van der Waals surface area contributed by atoms with Crippen molar-refractivity contribution in [1.29, 1.82) is 0 Å². The van der Waals surface area contributed by atoms with Crippen LogP contribution in [0.4, 0.5) is 10.5 Å². The second-order valence-corrected chi connectivity index (χ2v) is 8.71. The van der Waals surface area contributed by atoms with Crippen LogP contribution in [-0.2, 0) is 9.59 Å². The van der Waals surface area contributed by atoms with Crippen molar-refractivity contribution in [2.24, 2.45) is 0 Å². The molecule has 35 heavy (non-hydrogen) atoms. The Morgan fingerprint density at radius 1 is 0.914 bits per heavy atom. The van der Waals surface area contributed by atoms with Gasteiger partial charge >= 0.3 is 0 Å². The van der Waals surface area contributed by atoms with E-state index in [2.05, 4.69) is 5.32 Å². The Hall–Kier alpha value is -4.04. The Labute approximate surface area is 207 Å². The molecule has 1 fully saturated rings.